The molecule has 1 N–H and O–H groups in total. The molecule has 2 bridgehead atoms. The lowest BCUT2D eigenvalue weighted by atomic mass is 9.86. The molecule has 0 spiro atoms. The topological polar surface area (TPSA) is 55.1 Å². The second-order valence-electron chi connectivity index (χ2n) is 6.60. The summed E-state index contributed by atoms with van der Waals surface area (Å²) in [4.78, 5) is 16.5. The van der Waals surface area contributed by atoms with E-state index in [9.17, 15) is 4.79 Å². The molecule has 0 saturated heterocycles. The van der Waals surface area contributed by atoms with E-state index in [0.717, 1.165) is 28.6 Å². The van der Waals surface area contributed by atoms with Crippen molar-refractivity contribution in [3.63, 3.8) is 0 Å². The molecule has 2 aliphatic rings. The van der Waals surface area contributed by atoms with Gasteiger partial charge in [-0.15, -0.1) is 0 Å². The van der Waals surface area contributed by atoms with Gasteiger partial charge < -0.3 is 9.73 Å². The maximum absolute atomic E-state index is 12.2. The summed E-state index contributed by atoms with van der Waals surface area (Å²) < 4.78 is 5.45. The summed E-state index contributed by atoms with van der Waals surface area (Å²) in [5.74, 6) is 3.06. The van der Waals surface area contributed by atoms with Crippen LogP contribution >= 0.6 is 0 Å². The van der Waals surface area contributed by atoms with Gasteiger partial charge in [-0.1, -0.05) is 6.42 Å². The number of aryl methyl sites for hydroxylation is 1. The molecule has 2 aliphatic carbocycles. The van der Waals surface area contributed by atoms with Gasteiger partial charge in [0.2, 0.25) is 5.91 Å². The number of hydrogen-bond acceptors (Lipinski definition) is 3. The Kier molecular flexibility index (Phi) is 2.98. The monoisotopic (exact) mass is 284 g/mol. The summed E-state index contributed by atoms with van der Waals surface area (Å²) in [5, 5.41) is 3.01. The maximum atomic E-state index is 12.2. The van der Waals surface area contributed by atoms with Crippen LogP contribution < -0.4 is 5.32 Å². The SMILES string of the molecule is Cc1nc2cc(NC(=O)C[C@H]3C[C@H]4CC[C@H]3C4)ccc2o1. The standard InChI is InChI=1S/C17H20N2O2/c1-10-18-15-9-14(4-5-16(15)21-10)19-17(20)8-13-7-11-2-3-12(13)6-11/h4-5,9,11-13H,2-3,6-8H2,1H3,(H,19,20)/t11-,12-,13+/m0/s1. The number of fused-ring (bicyclic) bond motifs is 3. The number of anilines is 1. The number of carbonyl (C=O) groups is 1. The Balaban J connectivity index is 1.43. The minimum absolute atomic E-state index is 0.132. The van der Waals surface area contributed by atoms with Gasteiger partial charge in [-0.05, 0) is 55.2 Å². The third-order valence-electron chi connectivity index (χ3n) is 5.11. The lowest BCUT2D eigenvalue weighted by Gasteiger charge is -2.20. The van der Waals surface area contributed by atoms with E-state index in [1.54, 1.807) is 0 Å². The molecule has 0 radical (unpaired) electrons. The number of benzene rings is 1. The predicted octanol–water partition coefficient (Wildman–Crippen LogP) is 3.90. The number of carbonyl (C=O) groups excluding carboxylic acids is 1. The van der Waals surface area contributed by atoms with Crippen molar-refractivity contribution in [2.24, 2.45) is 17.8 Å². The summed E-state index contributed by atoms with van der Waals surface area (Å²) >= 11 is 0. The molecule has 2 fully saturated rings. The van der Waals surface area contributed by atoms with Crippen LogP contribution in [0, 0.1) is 24.7 Å². The number of oxazole rings is 1. The summed E-state index contributed by atoms with van der Waals surface area (Å²) in [5.41, 5.74) is 2.37. The average molecular weight is 284 g/mol. The summed E-state index contributed by atoms with van der Waals surface area (Å²) in [6, 6.07) is 5.62. The van der Waals surface area contributed by atoms with Crippen molar-refractivity contribution in [1.82, 2.24) is 4.98 Å². The summed E-state index contributed by atoms with van der Waals surface area (Å²) in [6.07, 6.45) is 5.97. The van der Waals surface area contributed by atoms with E-state index in [-0.39, 0.29) is 5.91 Å². The van der Waals surface area contributed by atoms with Crippen LogP contribution in [0.2, 0.25) is 0 Å². The van der Waals surface area contributed by atoms with E-state index in [2.05, 4.69) is 10.3 Å². The van der Waals surface area contributed by atoms with E-state index in [1.807, 2.05) is 25.1 Å². The number of nitrogens with zero attached hydrogens (tertiary/aromatic N) is 1. The highest BCUT2D eigenvalue weighted by Crippen LogP contribution is 2.49. The van der Waals surface area contributed by atoms with Gasteiger partial charge in [-0.25, -0.2) is 4.98 Å². The Morgan fingerprint density at radius 1 is 1.38 bits per heavy atom. The molecule has 4 heteroatoms. The molecular formula is C17H20N2O2. The molecule has 4 rings (SSSR count). The van der Waals surface area contributed by atoms with Crippen LogP contribution in [-0.4, -0.2) is 10.9 Å². The minimum Gasteiger partial charge on any atom is -0.441 e. The van der Waals surface area contributed by atoms with Crippen LogP contribution in [0.3, 0.4) is 0 Å². The molecule has 4 nitrogen and oxygen atoms in total. The molecule has 1 aromatic carbocycles. The van der Waals surface area contributed by atoms with Crippen LogP contribution in [0.1, 0.15) is 38.0 Å². The highest BCUT2D eigenvalue weighted by atomic mass is 16.3. The number of amides is 1. The minimum atomic E-state index is 0.132. The molecule has 0 aliphatic heterocycles. The molecule has 1 aromatic heterocycles. The number of hydrogen-bond donors (Lipinski definition) is 1. The van der Waals surface area contributed by atoms with E-state index in [0.29, 0.717) is 18.2 Å². The van der Waals surface area contributed by atoms with Gasteiger partial charge in [0.25, 0.3) is 0 Å². The quantitative estimate of drug-likeness (QED) is 0.930. The first-order valence-corrected chi connectivity index (χ1v) is 7.84. The Morgan fingerprint density at radius 2 is 2.29 bits per heavy atom. The third-order valence-corrected chi connectivity index (χ3v) is 5.11. The van der Waals surface area contributed by atoms with E-state index < -0.39 is 0 Å². The first-order valence-electron chi connectivity index (χ1n) is 7.84. The molecule has 110 valence electrons. The van der Waals surface area contributed by atoms with Crippen LogP contribution in [0.4, 0.5) is 5.69 Å². The number of aromatic nitrogens is 1. The van der Waals surface area contributed by atoms with Crippen molar-refractivity contribution >= 4 is 22.7 Å². The Labute approximate surface area is 123 Å². The second kappa shape index (κ2) is 4.86. The fourth-order valence-corrected chi connectivity index (χ4v) is 4.20. The van der Waals surface area contributed by atoms with Gasteiger partial charge in [0.15, 0.2) is 11.5 Å². The van der Waals surface area contributed by atoms with Gasteiger partial charge in [0.05, 0.1) is 0 Å². The van der Waals surface area contributed by atoms with Gasteiger partial charge in [-0.3, -0.25) is 4.79 Å². The highest BCUT2D eigenvalue weighted by Gasteiger charge is 2.40. The fraction of sp³-hybridized carbons (Fsp3) is 0.529. The molecule has 1 heterocycles. The van der Waals surface area contributed by atoms with Gasteiger partial charge in [0, 0.05) is 19.0 Å². The van der Waals surface area contributed by atoms with Crippen LogP contribution in [-0.2, 0) is 4.79 Å². The average Bonchev–Trinajstić information content (AvgIpc) is 3.11. The van der Waals surface area contributed by atoms with E-state index in [1.165, 1.54) is 25.7 Å². The molecule has 21 heavy (non-hydrogen) atoms. The van der Waals surface area contributed by atoms with Crippen molar-refractivity contribution < 1.29 is 9.21 Å². The third kappa shape index (κ3) is 2.43. The number of rotatable bonds is 3. The first-order chi connectivity index (χ1) is 10.2. The first kappa shape index (κ1) is 12.9. The Bertz CT molecular complexity index is 691. The molecular weight excluding hydrogens is 264 g/mol. The lowest BCUT2D eigenvalue weighted by Crippen LogP contribution is -2.20. The summed E-state index contributed by atoms with van der Waals surface area (Å²) in [6.45, 7) is 1.83. The molecule has 2 saturated carbocycles. The van der Waals surface area contributed by atoms with E-state index >= 15 is 0 Å². The lowest BCUT2D eigenvalue weighted by molar-refractivity contribution is -0.117. The van der Waals surface area contributed by atoms with Crippen LogP contribution in [0.5, 0.6) is 0 Å². The fourth-order valence-electron chi connectivity index (χ4n) is 4.20. The maximum Gasteiger partial charge on any atom is 0.224 e. The Hall–Kier alpha value is -1.84. The smallest absolute Gasteiger partial charge is 0.224 e. The molecule has 2 aromatic rings. The van der Waals surface area contributed by atoms with Crippen molar-refractivity contribution in [3.05, 3.63) is 24.1 Å². The zero-order valence-electron chi connectivity index (χ0n) is 12.3. The molecule has 1 amide bonds. The molecule has 0 unspecified atom stereocenters. The van der Waals surface area contributed by atoms with Crippen molar-refractivity contribution in [3.8, 4) is 0 Å². The van der Waals surface area contributed by atoms with Crippen molar-refractivity contribution in [2.75, 3.05) is 5.32 Å². The van der Waals surface area contributed by atoms with Gasteiger partial charge >= 0.3 is 0 Å². The van der Waals surface area contributed by atoms with Crippen molar-refractivity contribution in [1.29, 1.82) is 0 Å². The van der Waals surface area contributed by atoms with Gasteiger partial charge in [-0.2, -0.15) is 0 Å². The molecule has 3 atom stereocenters. The Morgan fingerprint density at radius 3 is 3.05 bits per heavy atom. The number of nitrogens with one attached hydrogen (secondary N) is 1. The van der Waals surface area contributed by atoms with E-state index in [4.69, 9.17) is 4.42 Å². The van der Waals surface area contributed by atoms with Crippen LogP contribution in [0.15, 0.2) is 22.6 Å². The van der Waals surface area contributed by atoms with Gasteiger partial charge in [0.1, 0.15) is 5.52 Å². The van der Waals surface area contributed by atoms with Crippen LogP contribution in [0.25, 0.3) is 11.1 Å². The zero-order chi connectivity index (χ0) is 14.4. The highest BCUT2D eigenvalue weighted by molar-refractivity contribution is 5.92. The largest absolute Gasteiger partial charge is 0.441 e. The predicted molar refractivity (Wildman–Crippen MR) is 80.9 cm³/mol. The zero-order valence-corrected chi connectivity index (χ0v) is 12.3. The normalized spacial score (nSPS) is 27.4. The second-order valence-corrected chi connectivity index (χ2v) is 6.60. The summed E-state index contributed by atoms with van der Waals surface area (Å²) in [7, 11) is 0. The van der Waals surface area contributed by atoms with Crippen molar-refractivity contribution in [2.45, 2.75) is 39.0 Å².